The highest BCUT2D eigenvalue weighted by Gasteiger charge is 2.23. The topological polar surface area (TPSA) is 77.6 Å². The van der Waals surface area contributed by atoms with Crippen LogP contribution >= 0.6 is 0 Å². The Morgan fingerprint density at radius 2 is 1.93 bits per heavy atom. The van der Waals surface area contributed by atoms with E-state index in [2.05, 4.69) is 33.4 Å². The second kappa shape index (κ2) is 6.84. The molecule has 5 rings (SSSR count). The van der Waals surface area contributed by atoms with Crippen LogP contribution in [0.2, 0.25) is 0 Å². The summed E-state index contributed by atoms with van der Waals surface area (Å²) in [6.45, 7) is 3.98. The summed E-state index contributed by atoms with van der Waals surface area (Å²) >= 11 is 0. The molecule has 4 aromatic rings. The first kappa shape index (κ1) is 17.6. The highest BCUT2D eigenvalue weighted by molar-refractivity contribution is 5.79. The molecule has 1 fully saturated rings. The van der Waals surface area contributed by atoms with Gasteiger partial charge in [-0.1, -0.05) is 18.2 Å². The fourth-order valence-corrected chi connectivity index (χ4v) is 3.79. The quantitative estimate of drug-likeness (QED) is 0.572. The number of nitrogens with zero attached hydrogens (tertiary/aromatic N) is 5. The lowest BCUT2D eigenvalue weighted by Crippen LogP contribution is -2.29. The zero-order chi connectivity index (χ0) is 20.0. The number of fused-ring (bicyclic) bond motifs is 1. The first-order valence-electron chi connectivity index (χ1n) is 9.88. The second-order valence-electron chi connectivity index (χ2n) is 7.61. The molecule has 1 aliphatic carbocycles. The van der Waals surface area contributed by atoms with Crippen LogP contribution in [0, 0.1) is 13.8 Å². The Bertz CT molecular complexity index is 1270. The monoisotopic (exact) mass is 386 g/mol. The van der Waals surface area contributed by atoms with Crippen molar-refractivity contribution in [1.29, 1.82) is 0 Å². The number of hydrogen-bond acceptors (Lipinski definition) is 5. The van der Waals surface area contributed by atoms with Gasteiger partial charge >= 0.3 is 0 Å². The van der Waals surface area contributed by atoms with Crippen LogP contribution in [-0.2, 0) is 0 Å². The van der Waals surface area contributed by atoms with Crippen LogP contribution < -0.4 is 10.9 Å². The summed E-state index contributed by atoms with van der Waals surface area (Å²) in [7, 11) is 0. The molecule has 1 N–H and O–H groups in total. The normalized spacial score (nSPS) is 14.1. The fraction of sp³-hybridized carbons (Fsp3) is 0.273. The molecule has 146 valence electrons. The standard InChI is InChI=1S/C22H22N6O/c1-14-6-3-4-9-18(14)27-11-10-19(26-27)24-22-23-13-17-15(2)12-20(29)28(21(17)25-22)16-7-5-8-16/h3-4,6,9-13,16H,5,7-8H2,1-2H3,(H,23,24,25,26). The van der Waals surface area contributed by atoms with Gasteiger partial charge in [-0.25, -0.2) is 9.67 Å². The third-order valence-corrected chi connectivity index (χ3v) is 5.63. The van der Waals surface area contributed by atoms with E-state index < -0.39 is 0 Å². The zero-order valence-corrected chi connectivity index (χ0v) is 16.5. The molecule has 0 saturated heterocycles. The van der Waals surface area contributed by atoms with E-state index in [1.54, 1.807) is 12.3 Å². The molecule has 0 aliphatic heterocycles. The molecular formula is C22H22N6O. The third kappa shape index (κ3) is 3.08. The average molecular weight is 386 g/mol. The van der Waals surface area contributed by atoms with E-state index in [0.29, 0.717) is 17.4 Å². The smallest absolute Gasteiger partial charge is 0.252 e. The molecule has 0 radical (unpaired) electrons. The Balaban J connectivity index is 1.52. The van der Waals surface area contributed by atoms with E-state index in [-0.39, 0.29) is 11.6 Å². The number of benzene rings is 1. The van der Waals surface area contributed by atoms with Gasteiger partial charge in [0, 0.05) is 36.0 Å². The van der Waals surface area contributed by atoms with Crippen LogP contribution in [0.25, 0.3) is 16.7 Å². The van der Waals surface area contributed by atoms with Gasteiger partial charge in [-0.3, -0.25) is 9.36 Å². The molecule has 29 heavy (non-hydrogen) atoms. The molecule has 0 amide bonds. The average Bonchev–Trinajstić information content (AvgIpc) is 3.12. The van der Waals surface area contributed by atoms with E-state index in [1.807, 2.05) is 46.6 Å². The zero-order valence-electron chi connectivity index (χ0n) is 16.5. The van der Waals surface area contributed by atoms with Crippen LogP contribution in [0.4, 0.5) is 11.8 Å². The van der Waals surface area contributed by atoms with Crippen LogP contribution in [-0.4, -0.2) is 24.3 Å². The summed E-state index contributed by atoms with van der Waals surface area (Å²) in [5.41, 5.74) is 3.76. The molecule has 7 heteroatoms. The Kier molecular flexibility index (Phi) is 4.16. The van der Waals surface area contributed by atoms with Crippen LogP contribution in [0.1, 0.15) is 36.4 Å². The van der Waals surface area contributed by atoms with E-state index in [1.165, 1.54) is 0 Å². The Hall–Kier alpha value is -3.48. The van der Waals surface area contributed by atoms with Gasteiger partial charge in [-0.15, -0.1) is 0 Å². The lowest BCUT2D eigenvalue weighted by molar-refractivity contribution is 0.313. The lowest BCUT2D eigenvalue weighted by Gasteiger charge is -2.28. The minimum atomic E-state index is 0.00757. The van der Waals surface area contributed by atoms with Crippen LogP contribution in [0.3, 0.4) is 0 Å². The Labute approximate surface area is 168 Å². The van der Waals surface area contributed by atoms with Crippen molar-refractivity contribution in [2.24, 2.45) is 0 Å². The van der Waals surface area contributed by atoms with Crippen molar-refractivity contribution in [3.8, 4) is 5.69 Å². The van der Waals surface area contributed by atoms with Gasteiger partial charge in [0.05, 0.1) is 5.69 Å². The maximum atomic E-state index is 12.6. The van der Waals surface area contributed by atoms with Gasteiger partial charge in [-0.05, 0) is 50.3 Å². The first-order chi connectivity index (χ1) is 14.1. The summed E-state index contributed by atoms with van der Waals surface area (Å²) in [4.78, 5) is 21.8. The van der Waals surface area contributed by atoms with Gasteiger partial charge in [0.2, 0.25) is 5.95 Å². The molecule has 3 heterocycles. The Morgan fingerprint density at radius 3 is 2.69 bits per heavy atom. The Morgan fingerprint density at radius 1 is 1.10 bits per heavy atom. The summed E-state index contributed by atoms with van der Waals surface area (Å²) in [6.07, 6.45) is 6.88. The largest absolute Gasteiger partial charge is 0.307 e. The molecular weight excluding hydrogens is 364 g/mol. The molecule has 3 aromatic heterocycles. The number of anilines is 2. The predicted molar refractivity (Wildman–Crippen MR) is 113 cm³/mol. The maximum absolute atomic E-state index is 12.6. The van der Waals surface area contributed by atoms with Gasteiger partial charge in [-0.2, -0.15) is 10.1 Å². The van der Waals surface area contributed by atoms with Gasteiger partial charge in [0.1, 0.15) is 5.65 Å². The van der Waals surface area contributed by atoms with E-state index in [4.69, 9.17) is 0 Å². The molecule has 1 aromatic carbocycles. The predicted octanol–water partition coefficient (Wildman–Crippen LogP) is 4.06. The molecule has 0 unspecified atom stereocenters. The summed E-state index contributed by atoms with van der Waals surface area (Å²) < 4.78 is 3.65. The molecule has 0 bridgehead atoms. The molecule has 0 spiro atoms. The number of hydrogen-bond donors (Lipinski definition) is 1. The summed E-state index contributed by atoms with van der Waals surface area (Å²) in [6, 6.07) is 11.9. The third-order valence-electron chi connectivity index (χ3n) is 5.63. The maximum Gasteiger partial charge on any atom is 0.252 e. The fourth-order valence-electron chi connectivity index (χ4n) is 3.79. The van der Waals surface area contributed by atoms with E-state index in [9.17, 15) is 4.79 Å². The van der Waals surface area contributed by atoms with Crippen LogP contribution in [0.15, 0.2) is 53.6 Å². The number of aromatic nitrogens is 5. The number of pyridine rings is 1. The number of nitrogens with one attached hydrogen (secondary N) is 1. The van der Waals surface area contributed by atoms with Crippen molar-refractivity contribution in [3.63, 3.8) is 0 Å². The van der Waals surface area contributed by atoms with Crippen molar-refractivity contribution in [1.82, 2.24) is 24.3 Å². The van der Waals surface area contributed by atoms with Gasteiger partial charge < -0.3 is 5.32 Å². The summed E-state index contributed by atoms with van der Waals surface area (Å²) in [5.74, 6) is 1.09. The highest BCUT2D eigenvalue weighted by Crippen LogP contribution is 2.32. The lowest BCUT2D eigenvalue weighted by atomic mass is 9.92. The SMILES string of the molecule is Cc1ccccc1-n1ccc(Nc2ncc3c(C)cc(=O)n(C4CCC4)c3n2)n1. The van der Waals surface area contributed by atoms with Crippen molar-refractivity contribution >= 4 is 22.8 Å². The molecule has 1 aliphatic rings. The van der Waals surface area contributed by atoms with Crippen molar-refractivity contribution in [2.45, 2.75) is 39.2 Å². The van der Waals surface area contributed by atoms with Gasteiger partial charge in [0.15, 0.2) is 5.82 Å². The molecule has 7 nitrogen and oxygen atoms in total. The number of para-hydroxylation sites is 1. The van der Waals surface area contributed by atoms with E-state index >= 15 is 0 Å². The van der Waals surface area contributed by atoms with Crippen LogP contribution in [0.5, 0.6) is 0 Å². The second-order valence-corrected chi connectivity index (χ2v) is 7.61. The number of rotatable bonds is 4. The van der Waals surface area contributed by atoms with Crippen molar-refractivity contribution in [3.05, 3.63) is 70.3 Å². The minimum Gasteiger partial charge on any atom is -0.307 e. The highest BCUT2D eigenvalue weighted by atomic mass is 16.1. The number of aryl methyl sites for hydroxylation is 2. The molecule has 1 saturated carbocycles. The first-order valence-corrected chi connectivity index (χ1v) is 9.88. The summed E-state index contributed by atoms with van der Waals surface area (Å²) in [5, 5.41) is 8.68. The van der Waals surface area contributed by atoms with Crippen molar-refractivity contribution in [2.75, 3.05) is 5.32 Å². The van der Waals surface area contributed by atoms with E-state index in [0.717, 1.165) is 41.5 Å². The van der Waals surface area contributed by atoms with Crippen molar-refractivity contribution < 1.29 is 0 Å². The minimum absolute atomic E-state index is 0.00757. The van der Waals surface area contributed by atoms with Gasteiger partial charge in [0.25, 0.3) is 5.56 Å². The molecule has 0 atom stereocenters.